The van der Waals surface area contributed by atoms with Crippen LogP contribution in [0.1, 0.15) is 53.4 Å². The molecule has 0 aromatic rings. The van der Waals surface area contributed by atoms with Gasteiger partial charge < -0.3 is 15.2 Å². The zero-order valence-corrected chi connectivity index (χ0v) is 12.5. The molecule has 0 aromatic carbocycles. The lowest BCUT2D eigenvalue weighted by Gasteiger charge is -2.35. The number of ether oxygens (including phenoxy) is 1. The molecule has 1 atom stereocenters. The highest BCUT2D eigenvalue weighted by atomic mass is 16.5. The van der Waals surface area contributed by atoms with E-state index in [-0.39, 0.29) is 12.1 Å². The highest BCUT2D eigenvalue weighted by molar-refractivity contribution is 5.01. The van der Waals surface area contributed by atoms with Crippen molar-refractivity contribution in [3.8, 4) is 0 Å². The first kappa shape index (κ1) is 15.9. The standard InChI is InChI=1S/C15H31NO2/c1-12(2)6-5-9-18-11-15(10-17,14-7-8-14)16-13(3)4/h12-14,16-17H,5-11H2,1-4H3. The van der Waals surface area contributed by atoms with Crippen LogP contribution in [0.15, 0.2) is 0 Å². The Labute approximate surface area is 112 Å². The van der Waals surface area contributed by atoms with Gasteiger partial charge in [0.15, 0.2) is 0 Å². The van der Waals surface area contributed by atoms with Crippen LogP contribution < -0.4 is 5.32 Å². The molecule has 3 nitrogen and oxygen atoms in total. The second kappa shape index (κ2) is 7.46. The molecule has 1 fully saturated rings. The predicted octanol–water partition coefficient (Wildman–Crippen LogP) is 2.58. The lowest BCUT2D eigenvalue weighted by Crippen LogP contribution is -2.56. The molecule has 108 valence electrons. The number of aliphatic hydroxyl groups is 1. The molecular weight excluding hydrogens is 226 g/mol. The van der Waals surface area contributed by atoms with Crippen LogP contribution in [0.4, 0.5) is 0 Å². The molecule has 1 saturated carbocycles. The van der Waals surface area contributed by atoms with Crippen LogP contribution >= 0.6 is 0 Å². The molecule has 18 heavy (non-hydrogen) atoms. The third-order valence-corrected chi connectivity index (χ3v) is 3.65. The van der Waals surface area contributed by atoms with E-state index in [0.29, 0.717) is 18.6 Å². The Kier molecular flexibility index (Phi) is 6.61. The number of rotatable bonds is 10. The first-order valence-electron chi connectivity index (χ1n) is 7.46. The fourth-order valence-electron chi connectivity index (χ4n) is 2.56. The Morgan fingerprint density at radius 2 is 1.94 bits per heavy atom. The van der Waals surface area contributed by atoms with Crippen LogP contribution in [0.3, 0.4) is 0 Å². The van der Waals surface area contributed by atoms with Gasteiger partial charge in [0.25, 0.3) is 0 Å². The van der Waals surface area contributed by atoms with Crippen LogP contribution in [-0.2, 0) is 4.74 Å². The zero-order valence-electron chi connectivity index (χ0n) is 12.5. The summed E-state index contributed by atoms with van der Waals surface area (Å²) in [6.45, 7) is 10.4. The fourth-order valence-corrected chi connectivity index (χ4v) is 2.56. The number of hydrogen-bond donors (Lipinski definition) is 2. The van der Waals surface area contributed by atoms with Crippen molar-refractivity contribution in [2.24, 2.45) is 11.8 Å². The van der Waals surface area contributed by atoms with Gasteiger partial charge in [0, 0.05) is 12.6 Å². The maximum absolute atomic E-state index is 9.74. The first-order chi connectivity index (χ1) is 8.50. The van der Waals surface area contributed by atoms with E-state index in [1.165, 1.54) is 19.3 Å². The average Bonchev–Trinajstić information content (AvgIpc) is 3.10. The summed E-state index contributed by atoms with van der Waals surface area (Å²) >= 11 is 0. The lowest BCUT2D eigenvalue weighted by molar-refractivity contribution is 0.0174. The molecule has 0 radical (unpaired) electrons. The number of nitrogens with one attached hydrogen (secondary N) is 1. The minimum Gasteiger partial charge on any atom is -0.394 e. The molecule has 1 rings (SSSR count). The van der Waals surface area contributed by atoms with Crippen LogP contribution in [0.5, 0.6) is 0 Å². The first-order valence-corrected chi connectivity index (χ1v) is 7.46. The Hall–Kier alpha value is -0.120. The molecule has 0 amide bonds. The molecule has 0 saturated heterocycles. The maximum Gasteiger partial charge on any atom is 0.0681 e. The minimum absolute atomic E-state index is 0.181. The molecule has 1 aliphatic carbocycles. The molecular formula is C15H31NO2. The van der Waals surface area contributed by atoms with E-state index < -0.39 is 0 Å². The molecule has 2 N–H and O–H groups in total. The van der Waals surface area contributed by atoms with Crippen molar-refractivity contribution in [1.29, 1.82) is 0 Å². The molecule has 3 heteroatoms. The highest BCUT2D eigenvalue weighted by Crippen LogP contribution is 2.40. The van der Waals surface area contributed by atoms with Gasteiger partial charge >= 0.3 is 0 Å². The van der Waals surface area contributed by atoms with Gasteiger partial charge in [-0.2, -0.15) is 0 Å². The molecule has 1 aliphatic rings. The Bertz CT molecular complexity index is 227. The molecule has 0 aromatic heterocycles. The van der Waals surface area contributed by atoms with Gasteiger partial charge in [-0.05, 0) is 37.5 Å². The molecule has 0 bridgehead atoms. The van der Waals surface area contributed by atoms with Crippen molar-refractivity contribution >= 4 is 0 Å². The van der Waals surface area contributed by atoms with Gasteiger partial charge in [0.05, 0.1) is 18.8 Å². The summed E-state index contributed by atoms with van der Waals surface area (Å²) in [5, 5.41) is 13.3. The van der Waals surface area contributed by atoms with Crippen molar-refractivity contribution in [2.75, 3.05) is 19.8 Å². The largest absolute Gasteiger partial charge is 0.394 e. The van der Waals surface area contributed by atoms with Crippen molar-refractivity contribution in [3.05, 3.63) is 0 Å². The zero-order chi connectivity index (χ0) is 13.6. The molecule has 0 aliphatic heterocycles. The van der Waals surface area contributed by atoms with E-state index in [9.17, 15) is 5.11 Å². The van der Waals surface area contributed by atoms with Crippen molar-refractivity contribution in [3.63, 3.8) is 0 Å². The topological polar surface area (TPSA) is 41.5 Å². The van der Waals surface area contributed by atoms with E-state index in [0.717, 1.165) is 18.9 Å². The van der Waals surface area contributed by atoms with E-state index in [1.54, 1.807) is 0 Å². The lowest BCUT2D eigenvalue weighted by atomic mass is 9.94. The average molecular weight is 257 g/mol. The third kappa shape index (κ3) is 5.25. The summed E-state index contributed by atoms with van der Waals surface area (Å²) in [4.78, 5) is 0. The number of aliphatic hydroxyl groups excluding tert-OH is 1. The maximum atomic E-state index is 9.74. The monoisotopic (exact) mass is 257 g/mol. The highest BCUT2D eigenvalue weighted by Gasteiger charge is 2.45. The fraction of sp³-hybridized carbons (Fsp3) is 1.00. The normalized spacial score (nSPS) is 19.5. The smallest absolute Gasteiger partial charge is 0.0681 e. The summed E-state index contributed by atoms with van der Waals surface area (Å²) < 4.78 is 5.82. The van der Waals surface area contributed by atoms with E-state index in [1.807, 2.05) is 0 Å². The Balaban J connectivity index is 2.32. The summed E-state index contributed by atoms with van der Waals surface area (Å²) in [7, 11) is 0. The van der Waals surface area contributed by atoms with Crippen LogP contribution in [0, 0.1) is 11.8 Å². The molecule has 1 unspecified atom stereocenters. The van der Waals surface area contributed by atoms with Crippen LogP contribution in [-0.4, -0.2) is 36.5 Å². The van der Waals surface area contributed by atoms with Gasteiger partial charge in [-0.1, -0.05) is 27.7 Å². The van der Waals surface area contributed by atoms with Crippen molar-refractivity contribution in [1.82, 2.24) is 5.32 Å². The SMILES string of the molecule is CC(C)CCCOCC(CO)(NC(C)C)C1CC1. The van der Waals surface area contributed by atoms with Gasteiger partial charge in [0.1, 0.15) is 0 Å². The predicted molar refractivity (Wildman–Crippen MR) is 75.7 cm³/mol. The van der Waals surface area contributed by atoms with E-state index in [2.05, 4.69) is 33.0 Å². The quantitative estimate of drug-likeness (QED) is 0.591. The van der Waals surface area contributed by atoms with Crippen molar-refractivity contribution < 1.29 is 9.84 Å². The molecule has 0 heterocycles. The second-order valence-electron chi connectivity index (χ2n) is 6.48. The minimum atomic E-state index is -0.202. The van der Waals surface area contributed by atoms with E-state index in [4.69, 9.17) is 4.74 Å². The summed E-state index contributed by atoms with van der Waals surface area (Å²) in [5.41, 5.74) is -0.202. The van der Waals surface area contributed by atoms with Gasteiger partial charge in [-0.25, -0.2) is 0 Å². The van der Waals surface area contributed by atoms with Crippen LogP contribution in [0.2, 0.25) is 0 Å². The van der Waals surface area contributed by atoms with E-state index >= 15 is 0 Å². The summed E-state index contributed by atoms with van der Waals surface area (Å²) in [6.07, 6.45) is 4.77. The van der Waals surface area contributed by atoms with Gasteiger partial charge in [-0.3, -0.25) is 0 Å². The third-order valence-electron chi connectivity index (χ3n) is 3.65. The molecule has 0 spiro atoms. The Morgan fingerprint density at radius 3 is 2.39 bits per heavy atom. The van der Waals surface area contributed by atoms with Gasteiger partial charge in [-0.15, -0.1) is 0 Å². The van der Waals surface area contributed by atoms with Crippen molar-refractivity contribution in [2.45, 2.75) is 65.0 Å². The number of hydrogen-bond acceptors (Lipinski definition) is 3. The second-order valence-corrected chi connectivity index (χ2v) is 6.48. The van der Waals surface area contributed by atoms with Gasteiger partial charge in [0.2, 0.25) is 0 Å². The van der Waals surface area contributed by atoms with Crippen LogP contribution in [0.25, 0.3) is 0 Å². The summed E-state index contributed by atoms with van der Waals surface area (Å²) in [6, 6.07) is 0.386. The summed E-state index contributed by atoms with van der Waals surface area (Å²) in [5.74, 6) is 1.34. The Morgan fingerprint density at radius 1 is 1.28 bits per heavy atom.